The average molecular weight is 279 g/mol. The van der Waals surface area contributed by atoms with E-state index in [9.17, 15) is 4.79 Å². The molecule has 0 radical (unpaired) electrons. The van der Waals surface area contributed by atoms with E-state index in [4.69, 9.17) is 15.2 Å². The molecular formula is C16H25NO3. The van der Waals surface area contributed by atoms with Gasteiger partial charge in [0.05, 0.1) is 13.2 Å². The van der Waals surface area contributed by atoms with Gasteiger partial charge in [-0.3, -0.25) is 4.79 Å². The highest BCUT2D eigenvalue weighted by Crippen LogP contribution is 2.25. The molecule has 20 heavy (non-hydrogen) atoms. The molecule has 4 nitrogen and oxygen atoms in total. The minimum absolute atomic E-state index is 0.336. The van der Waals surface area contributed by atoms with Gasteiger partial charge in [-0.2, -0.15) is 0 Å². The molecule has 1 aromatic carbocycles. The van der Waals surface area contributed by atoms with Crippen LogP contribution in [-0.4, -0.2) is 24.7 Å². The van der Waals surface area contributed by atoms with Gasteiger partial charge in [-0.25, -0.2) is 0 Å². The highest BCUT2D eigenvalue weighted by Gasteiger charge is 2.29. The van der Waals surface area contributed by atoms with Gasteiger partial charge in [0.25, 0.3) is 0 Å². The van der Waals surface area contributed by atoms with Gasteiger partial charge in [0.1, 0.15) is 11.3 Å². The van der Waals surface area contributed by atoms with Crippen molar-refractivity contribution in [3.8, 4) is 5.75 Å². The second-order valence-electron chi connectivity index (χ2n) is 5.46. The largest absolute Gasteiger partial charge is 0.493 e. The molecule has 0 amide bonds. The molecule has 0 aliphatic heterocycles. The summed E-state index contributed by atoms with van der Waals surface area (Å²) in [6.45, 7) is 10.2. The first-order valence-electron chi connectivity index (χ1n) is 6.94. The fraction of sp³-hybridized carbons (Fsp3) is 0.562. The standard InChI is InChI=1S/C16H25NO3/c1-6-19-15(18)16(5,17)7-8-20-14-12(3)9-11(2)10-13(14)4/h9-10H,6-8,17H2,1-5H3. The van der Waals surface area contributed by atoms with Crippen molar-refractivity contribution in [3.05, 3.63) is 28.8 Å². The maximum atomic E-state index is 11.7. The van der Waals surface area contributed by atoms with Gasteiger partial charge >= 0.3 is 5.97 Å². The third-order valence-electron chi connectivity index (χ3n) is 3.21. The number of carbonyl (C=O) groups excluding carboxylic acids is 1. The van der Waals surface area contributed by atoms with Crippen molar-refractivity contribution in [1.29, 1.82) is 0 Å². The predicted molar refractivity (Wildman–Crippen MR) is 80.0 cm³/mol. The molecule has 1 unspecified atom stereocenters. The summed E-state index contributed by atoms with van der Waals surface area (Å²) in [5, 5.41) is 0. The van der Waals surface area contributed by atoms with Crippen LogP contribution in [0.5, 0.6) is 5.75 Å². The van der Waals surface area contributed by atoms with Gasteiger partial charge in [-0.1, -0.05) is 17.7 Å². The number of aryl methyl sites for hydroxylation is 3. The van der Waals surface area contributed by atoms with Crippen molar-refractivity contribution >= 4 is 5.97 Å². The molecule has 0 saturated carbocycles. The van der Waals surface area contributed by atoms with Crippen LogP contribution in [0.1, 0.15) is 37.0 Å². The van der Waals surface area contributed by atoms with Gasteiger partial charge < -0.3 is 15.2 Å². The monoisotopic (exact) mass is 279 g/mol. The molecule has 0 fully saturated rings. The second kappa shape index (κ2) is 6.75. The Labute approximate surface area is 121 Å². The summed E-state index contributed by atoms with van der Waals surface area (Å²) in [6, 6.07) is 4.16. The van der Waals surface area contributed by atoms with E-state index in [0.29, 0.717) is 19.6 Å². The molecule has 0 aromatic heterocycles. The van der Waals surface area contributed by atoms with E-state index in [2.05, 4.69) is 19.1 Å². The summed E-state index contributed by atoms with van der Waals surface area (Å²) in [5.74, 6) is 0.483. The van der Waals surface area contributed by atoms with E-state index in [1.165, 1.54) is 5.56 Å². The zero-order valence-electron chi connectivity index (χ0n) is 13.1. The quantitative estimate of drug-likeness (QED) is 0.813. The van der Waals surface area contributed by atoms with Gasteiger partial charge in [-0.15, -0.1) is 0 Å². The Morgan fingerprint density at radius 1 is 1.25 bits per heavy atom. The van der Waals surface area contributed by atoms with E-state index in [0.717, 1.165) is 16.9 Å². The number of hydrogen-bond donors (Lipinski definition) is 1. The molecule has 112 valence electrons. The Hall–Kier alpha value is -1.55. The van der Waals surface area contributed by atoms with Gasteiger partial charge in [0, 0.05) is 6.42 Å². The third-order valence-corrected chi connectivity index (χ3v) is 3.21. The molecule has 0 aliphatic rings. The zero-order chi connectivity index (χ0) is 15.3. The lowest BCUT2D eigenvalue weighted by molar-refractivity contribution is -0.149. The number of carbonyl (C=O) groups is 1. The smallest absolute Gasteiger partial charge is 0.325 e. The predicted octanol–water partition coefficient (Wildman–Crippen LogP) is 2.66. The topological polar surface area (TPSA) is 61.5 Å². The first-order valence-corrected chi connectivity index (χ1v) is 6.94. The molecule has 0 spiro atoms. The fourth-order valence-electron chi connectivity index (χ4n) is 2.16. The molecule has 2 N–H and O–H groups in total. The number of rotatable bonds is 6. The highest BCUT2D eigenvalue weighted by atomic mass is 16.5. The van der Waals surface area contributed by atoms with Crippen LogP contribution in [0.15, 0.2) is 12.1 Å². The summed E-state index contributed by atoms with van der Waals surface area (Å²) < 4.78 is 10.8. The number of nitrogens with two attached hydrogens (primary N) is 1. The molecule has 0 saturated heterocycles. The maximum Gasteiger partial charge on any atom is 0.325 e. The van der Waals surface area contributed by atoms with Crippen LogP contribution in [-0.2, 0) is 9.53 Å². The van der Waals surface area contributed by atoms with E-state index < -0.39 is 5.54 Å². The van der Waals surface area contributed by atoms with Crippen LogP contribution in [0.4, 0.5) is 0 Å². The lowest BCUT2D eigenvalue weighted by Crippen LogP contribution is -2.47. The summed E-state index contributed by atoms with van der Waals surface area (Å²) >= 11 is 0. The molecule has 1 aromatic rings. The van der Waals surface area contributed by atoms with Crippen LogP contribution < -0.4 is 10.5 Å². The van der Waals surface area contributed by atoms with Crippen molar-refractivity contribution in [2.24, 2.45) is 5.73 Å². The molecule has 0 bridgehead atoms. The van der Waals surface area contributed by atoms with Gasteiger partial charge in [0.15, 0.2) is 0 Å². The number of benzene rings is 1. The maximum absolute atomic E-state index is 11.7. The van der Waals surface area contributed by atoms with E-state index in [1.54, 1.807) is 13.8 Å². The molecule has 0 aliphatic carbocycles. The summed E-state index contributed by atoms with van der Waals surface area (Å²) in [5.41, 5.74) is 8.35. The Morgan fingerprint density at radius 3 is 2.30 bits per heavy atom. The Bertz CT molecular complexity index is 458. The van der Waals surface area contributed by atoms with Gasteiger partial charge in [0.2, 0.25) is 0 Å². The van der Waals surface area contributed by atoms with E-state index in [-0.39, 0.29) is 5.97 Å². The second-order valence-corrected chi connectivity index (χ2v) is 5.46. The number of esters is 1. The number of ether oxygens (including phenoxy) is 2. The van der Waals surface area contributed by atoms with Crippen LogP contribution in [0, 0.1) is 20.8 Å². The van der Waals surface area contributed by atoms with Crippen LogP contribution in [0.2, 0.25) is 0 Å². The molecule has 1 rings (SSSR count). The normalized spacial score (nSPS) is 13.7. The van der Waals surface area contributed by atoms with Crippen molar-refractivity contribution < 1.29 is 14.3 Å². The molecular weight excluding hydrogens is 254 g/mol. The fourth-order valence-corrected chi connectivity index (χ4v) is 2.16. The van der Waals surface area contributed by atoms with E-state index in [1.807, 2.05) is 13.8 Å². The number of hydrogen-bond acceptors (Lipinski definition) is 4. The summed E-state index contributed by atoms with van der Waals surface area (Å²) in [4.78, 5) is 11.7. The van der Waals surface area contributed by atoms with Crippen molar-refractivity contribution in [1.82, 2.24) is 0 Å². The lowest BCUT2D eigenvalue weighted by atomic mass is 10.0. The summed E-state index contributed by atoms with van der Waals surface area (Å²) in [6.07, 6.45) is 0.415. The minimum atomic E-state index is -1.01. The van der Waals surface area contributed by atoms with Crippen molar-refractivity contribution in [3.63, 3.8) is 0 Å². The molecule has 4 heteroatoms. The Balaban J connectivity index is 2.63. The van der Waals surface area contributed by atoms with Crippen LogP contribution in [0.3, 0.4) is 0 Å². The first kappa shape index (κ1) is 16.5. The van der Waals surface area contributed by atoms with Gasteiger partial charge in [-0.05, 0) is 45.7 Å². The minimum Gasteiger partial charge on any atom is -0.493 e. The Morgan fingerprint density at radius 2 is 1.80 bits per heavy atom. The highest BCUT2D eigenvalue weighted by molar-refractivity contribution is 5.79. The molecule has 0 heterocycles. The third kappa shape index (κ3) is 4.23. The van der Waals surface area contributed by atoms with Crippen molar-refractivity contribution in [2.75, 3.05) is 13.2 Å². The first-order chi connectivity index (χ1) is 9.27. The molecule has 1 atom stereocenters. The van der Waals surface area contributed by atoms with Crippen molar-refractivity contribution in [2.45, 2.75) is 46.6 Å². The Kier molecular flexibility index (Phi) is 5.57. The van der Waals surface area contributed by atoms with Crippen LogP contribution >= 0.6 is 0 Å². The zero-order valence-corrected chi connectivity index (χ0v) is 13.1. The van der Waals surface area contributed by atoms with E-state index >= 15 is 0 Å². The average Bonchev–Trinajstić information content (AvgIpc) is 2.32. The lowest BCUT2D eigenvalue weighted by Gasteiger charge is -2.22. The SMILES string of the molecule is CCOC(=O)C(C)(N)CCOc1c(C)cc(C)cc1C. The summed E-state index contributed by atoms with van der Waals surface area (Å²) in [7, 11) is 0. The van der Waals surface area contributed by atoms with Crippen LogP contribution in [0.25, 0.3) is 0 Å².